The van der Waals surface area contributed by atoms with Crippen LogP contribution in [0.4, 0.5) is 4.79 Å². The summed E-state index contributed by atoms with van der Waals surface area (Å²) in [6, 6.07) is 18.8. The number of benzene rings is 2. The average Bonchev–Trinajstić information content (AvgIpc) is 3.35. The second-order valence-corrected chi connectivity index (χ2v) is 8.56. The Hall–Kier alpha value is -2.75. The van der Waals surface area contributed by atoms with Crippen LogP contribution in [-0.4, -0.2) is 28.1 Å². The van der Waals surface area contributed by atoms with Crippen LogP contribution in [0.5, 0.6) is 0 Å². The molecule has 0 radical (unpaired) electrons. The molecule has 2 aliphatic rings. The minimum absolute atomic E-state index is 0.167. The van der Waals surface area contributed by atoms with Gasteiger partial charge in [-0.15, -0.1) is 0 Å². The summed E-state index contributed by atoms with van der Waals surface area (Å²) in [5, 5.41) is 1.32. The van der Waals surface area contributed by atoms with Crippen molar-refractivity contribution in [2.45, 2.75) is 44.8 Å². The van der Waals surface area contributed by atoms with E-state index in [9.17, 15) is 4.79 Å². The third-order valence-corrected chi connectivity index (χ3v) is 7.15. The van der Waals surface area contributed by atoms with Gasteiger partial charge in [-0.3, -0.25) is 0 Å². The first kappa shape index (κ1) is 18.3. The van der Waals surface area contributed by atoms with Crippen LogP contribution >= 0.6 is 0 Å². The number of para-hydroxylation sites is 1. The predicted octanol–water partition coefficient (Wildman–Crippen LogP) is 5.47. The summed E-state index contributed by atoms with van der Waals surface area (Å²) in [6.07, 6.45) is 5.43. The smallest absolute Gasteiger partial charge is 0.410 e. The third kappa shape index (κ3) is 2.85. The van der Waals surface area contributed by atoms with Gasteiger partial charge in [-0.2, -0.15) is 0 Å². The zero-order valence-corrected chi connectivity index (χ0v) is 17.2. The summed E-state index contributed by atoms with van der Waals surface area (Å²) in [6.45, 7) is 3.40. The van der Waals surface area contributed by atoms with E-state index in [2.05, 4.69) is 49.0 Å². The first-order valence-corrected chi connectivity index (χ1v) is 10.7. The maximum Gasteiger partial charge on any atom is 0.410 e. The average molecular weight is 389 g/mol. The molecule has 0 spiro atoms. The summed E-state index contributed by atoms with van der Waals surface area (Å²) in [5.74, 6) is 0.394. The van der Waals surface area contributed by atoms with Crippen LogP contribution in [-0.2, 0) is 18.4 Å². The van der Waals surface area contributed by atoms with Crippen LogP contribution in [0.25, 0.3) is 10.9 Å². The zero-order chi connectivity index (χ0) is 20.0. The van der Waals surface area contributed by atoms with Crippen LogP contribution in [0.3, 0.4) is 0 Å². The lowest BCUT2D eigenvalue weighted by molar-refractivity contribution is 0.0772. The molecule has 1 amide bonds. The van der Waals surface area contributed by atoms with Crippen molar-refractivity contribution in [1.29, 1.82) is 0 Å². The maximum absolute atomic E-state index is 13.0. The first-order chi connectivity index (χ1) is 14.2. The molecule has 0 N–H and O–H groups in total. The number of piperidine rings is 1. The van der Waals surface area contributed by atoms with Crippen molar-refractivity contribution in [3.8, 4) is 0 Å². The number of fused-ring (bicyclic) bond motifs is 2. The Bertz CT molecular complexity index is 1040. The number of nitrogens with zero attached hydrogens (tertiary/aromatic N) is 2. The Labute approximate surface area is 172 Å². The predicted molar refractivity (Wildman–Crippen MR) is 115 cm³/mol. The normalized spacial score (nSPS) is 25.7. The van der Waals surface area contributed by atoms with E-state index in [0.717, 1.165) is 24.9 Å². The molecular formula is C25H28N2O2. The molecule has 1 aliphatic heterocycles. The quantitative estimate of drug-likeness (QED) is 0.594. The molecule has 5 rings (SSSR count). The van der Waals surface area contributed by atoms with Crippen molar-refractivity contribution in [3.63, 3.8) is 0 Å². The number of carbonyl (C=O) groups excluding carboxylic acids is 1. The van der Waals surface area contributed by atoms with E-state index in [4.69, 9.17) is 4.74 Å². The molecule has 4 heteroatoms. The summed E-state index contributed by atoms with van der Waals surface area (Å²) in [4.78, 5) is 15.0. The van der Waals surface area contributed by atoms with E-state index >= 15 is 0 Å². The molecule has 2 heterocycles. The third-order valence-electron chi connectivity index (χ3n) is 7.15. The lowest BCUT2D eigenvalue weighted by Gasteiger charge is -2.30. The highest BCUT2D eigenvalue weighted by atomic mass is 16.6. The number of rotatable bonds is 4. The molecule has 0 unspecified atom stereocenters. The lowest BCUT2D eigenvalue weighted by Crippen LogP contribution is -2.40. The van der Waals surface area contributed by atoms with Gasteiger partial charge in [0.1, 0.15) is 6.61 Å². The summed E-state index contributed by atoms with van der Waals surface area (Å²) >= 11 is 0. The Morgan fingerprint density at radius 3 is 2.69 bits per heavy atom. The second-order valence-electron chi connectivity index (χ2n) is 8.56. The van der Waals surface area contributed by atoms with Gasteiger partial charge >= 0.3 is 6.09 Å². The molecule has 3 atom stereocenters. The van der Waals surface area contributed by atoms with Crippen LogP contribution in [0, 0.1) is 5.41 Å². The molecule has 1 aliphatic carbocycles. The van der Waals surface area contributed by atoms with Gasteiger partial charge in [-0.05, 0) is 36.5 Å². The van der Waals surface area contributed by atoms with Gasteiger partial charge in [0, 0.05) is 48.1 Å². The van der Waals surface area contributed by atoms with E-state index < -0.39 is 0 Å². The molecule has 150 valence electrons. The van der Waals surface area contributed by atoms with Crippen LogP contribution in [0.15, 0.2) is 60.8 Å². The van der Waals surface area contributed by atoms with Gasteiger partial charge < -0.3 is 14.2 Å². The van der Waals surface area contributed by atoms with Crippen LogP contribution in [0.2, 0.25) is 0 Å². The van der Waals surface area contributed by atoms with E-state index in [1.165, 1.54) is 22.9 Å². The SMILES string of the molecule is CC[C@]12CCCN(C(=O)OCc3ccccc3)[C@H]1[C@@H]2c1cn(C)c2ccccc12. The topological polar surface area (TPSA) is 34.5 Å². The van der Waals surface area contributed by atoms with Crippen LogP contribution in [0.1, 0.15) is 43.2 Å². The first-order valence-electron chi connectivity index (χ1n) is 10.7. The maximum atomic E-state index is 13.0. The summed E-state index contributed by atoms with van der Waals surface area (Å²) in [5.41, 5.74) is 3.86. The molecule has 1 saturated heterocycles. The van der Waals surface area contributed by atoms with E-state index in [1.807, 2.05) is 35.2 Å². The number of likely N-dealkylation sites (tertiary alicyclic amines) is 1. The highest BCUT2D eigenvalue weighted by Gasteiger charge is 2.68. The fourth-order valence-corrected chi connectivity index (χ4v) is 5.69. The van der Waals surface area contributed by atoms with Crippen molar-refractivity contribution in [2.24, 2.45) is 12.5 Å². The zero-order valence-electron chi connectivity index (χ0n) is 17.2. The fourth-order valence-electron chi connectivity index (χ4n) is 5.69. The fraction of sp³-hybridized carbons (Fsp3) is 0.400. The molecule has 29 heavy (non-hydrogen) atoms. The molecule has 1 saturated carbocycles. The number of hydrogen-bond acceptors (Lipinski definition) is 2. The summed E-state index contributed by atoms with van der Waals surface area (Å²) in [7, 11) is 2.11. The highest BCUT2D eigenvalue weighted by molar-refractivity contribution is 5.85. The van der Waals surface area contributed by atoms with Gasteiger partial charge in [0.25, 0.3) is 0 Å². The van der Waals surface area contributed by atoms with Gasteiger partial charge in [0.05, 0.1) is 0 Å². The Kier molecular flexibility index (Phi) is 4.38. The molecule has 0 bridgehead atoms. The molecule has 1 aromatic heterocycles. The molecule has 2 fully saturated rings. The minimum Gasteiger partial charge on any atom is -0.445 e. The number of amides is 1. The lowest BCUT2D eigenvalue weighted by atomic mass is 9.89. The van der Waals surface area contributed by atoms with Gasteiger partial charge in [0.2, 0.25) is 0 Å². The Morgan fingerprint density at radius 1 is 1.14 bits per heavy atom. The van der Waals surface area contributed by atoms with E-state index in [1.54, 1.807) is 0 Å². The van der Waals surface area contributed by atoms with Crippen molar-refractivity contribution in [1.82, 2.24) is 9.47 Å². The van der Waals surface area contributed by atoms with Gasteiger partial charge in [-0.1, -0.05) is 55.5 Å². The molecule has 4 nitrogen and oxygen atoms in total. The minimum atomic E-state index is -0.167. The van der Waals surface area contributed by atoms with Gasteiger partial charge in [0.15, 0.2) is 0 Å². The van der Waals surface area contributed by atoms with Crippen molar-refractivity contribution >= 4 is 17.0 Å². The highest BCUT2D eigenvalue weighted by Crippen LogP contribution is 2.69. The monoisotopic (exact) mass is 388 g/mol. The van der Waals surface area contributed by atoms with Crippen LogP contribution < -0.4 is 0 Å². The molecule has 2 aromatic carbocycles. The number of ether oxygens (including phenoxy) is 1. The number of hydrogen-bond donors (Lipinski definition) is 0. The van der Waals surface area contributed by atoms with E-state index in [0.29, 0.717) is 12.5 Å². The van der Waals surface area contributed by atoms with Gasteiger partial charge in [-0.25, -0.2) is 4.79 Å². The molecular weight excluding hydrogens is 360 g/mol. The van der Waals surface area contributed by atoms with Crippen molar-refractivity contribution < 1.29 is 9.53 Å². The standard InChI is InChI=1S/C25H28N2O2/c1-3-25-14-9-15-27(24(28)29-17-18-10-5-4-6-11-18)23(25)22(25)20-16-26(2)21-13-8-7-12-19(20)21/h4-8,10-13,16,22-23H,3,9,14-15,17H2,1-2H3/t22-,23-,25+/m0/s1. The molecule has 3 aromatic rings. The second kappa shape index (κ2) is 6.94. The Morgan fingerprint density at radius 2 is 1.90 bits per heavy atom. The van der Waals surface area contributed by atoms with Crippen molar-refractivity contribution in [3.05, 3.63) is 71.9 Å². The number of aromatic nitrogens is 1. The Balaban J connectivity index is 1.42. The van der Waals surface area contributed by atoms with E-state index in [-0.39, 0.29) is 17.6 Å². The number of carbonyl (C=O) groups is 1. The summed E-state index contributed by atoms with van der Waals surface area (Å²) < 4.78 is 7.93. The largest absolute Gasteiger partial charge is 0.445 e. The number of aryl methyl sites for hydroxylation is 1. The van der Waals surface area contributed by atoms with Crippen molar-refractivity contribution in [2.75, 3.05) is 6.54 Å².